The molecule has 1 heterocycles. The third-order valence-electron chi connectivity index (χ3n) is 7.57. The smallest absolute Gasteiger partial charge is 0.339 e. The van der Waals surface area contributed by atoms with Crippen molar-refractivity contribution in [3.8, 4) is 5.75 Å². The quantitative estimate of drug-likeness (QED) is 0.190. The van der Waals surface area contributed by atoms with Crippen LogP contribution in [0.3, 0.4) is 0 Å². The van der Waals surface area contributed by atoms with Gasteiger partial charge >= 0.3 is 11.9 Å². The second-order valence-electron chi connectivity index (χ2n) is 9.27. The zero-order valence-electron chi connectivity index (χ0n) is 19.3. The van der Waals surface area contributed by atoms with Crippen LogP contribution in [0.2, 0.25) is 0 Å². The molecule has 3 aromatic rings. The molecule has 2 amide bonds. The fourth-order valence-corrected chi connectivity index (χ4v) is 6.36. The molecule has 2 bridgehead atoms. The van der Waals surface area contributed by atoms with Gasteiger partial charge < -0.3 is 9.84 Å². The van der Waals surface area contributed by atoms with E-state index < -0.39 is 57.5 Å². The molecule has 4 aliphatic rings. The average molecular weight is 498 g/mol. The summed E-state index contributed by atoms with van der Waals surface area (Å²) in [5.74, 6) is -6.81. The second-order valence-corrected chi connectivity index (χ2v) is 9.27. The maximum Gasteiger partial charge on any atom is 0.339 e. The highest BCUT2D eigenvalue weighted by Crippen LogP contribution is 2.64. The van der Waals surface area contributed by atoms with Crippen LogP contribution in [-0.4, -0.2) is 33.8 Å². The van der Waals surface area contributed by atoms with Crippen molar-refractivity contribution >= 4 is 29.4 Å². The van der Waals surface area contributed by atoms with Crippen molar-refractivity contribution in [1.29, 1.82) is 0 Å². The standard InChI is InChI=1S/C27H18N2O8/c1-13(30)37-20-11-10-14(12-17(20)26(33)34)28-24(31)22-21-15-6-2-4-8-18(15)27(29(35)36,23(22)25(28)32)19-9-5-3-7-16(19)21/h2-12,21-23H,1H3,(H,33,34)/t21?,22-,23-,27?/m0/s1. The summed E-state index contributed by atoms with van der Waals surface area (Å²) in [7, 11) is 0. The van der Waals surface area contributed by atoms with Gasteiger partial charge in [0.25, 0.3) is 5.54 Å². The van der Waals surface area contributed by atoms with Gasteiger partial charge in [0.15, 0.2) is 0 Å². The molecule has 3 aromatic carbocycles. The number of carbonyl (C=O) groups excluding carboxylic acids is 3. The van der Waals surface area contributed by atoms with Gasteiger partial charge in [-0.25, -0.2) is 9.69 Å². The van der Waals surface area contributed by atoms with Gasteiger partial charge in [-0.2, -0.15) is 0 Å². The van der Waals surface area contributed by atoms with Crippen LogP contribution in [0.4, 0.5) is 5.69 Å². The summed E-state index contributed by atoms with van der Waals surface area (Å²) < 4.78 is 4.95. The molecule has 2 atom stereocenters. The summed E-state index contributed by atoms with van der Waals surface area (Å²) in [4.78, 5) is 64.5. The molecule has 0 unspecified atom stereocenters. The minimum atomic E-state index is -1.98. The van der Waals surface area contributed by atoms with Gasteiger partial charge in [-0.05, 0) is 29.3 Å². The Morgan fingerprint density at radius 2 is 1.57 bits per heavy atom. The highest BCUT2D eigenvalue weighted by Gasteiger charge is 2.74. The van der Waals surface area contributed by atoms with Gasteiger partial charge in [-0.1, -0.05) is 48.5 Å². The van der Waals surface area contributed by atoms with Crippen molar-refractivity contribution in [2.75, 3.05) is 4.90 Å². The van der Waals surface area contributed by atoms with Gasteiger partial charge in [0.05, 0.1) is 11.6 Å². The largest absolute Gasteiger partial charge is 0.478 e. The number of aromatic carboxylic acids is 1. The molecule has 0 radical (unpaired) electrons. The lowest BCUT2D eigenvalue weighted by Crippen LogP contribution is -2.57. The van der Waals surface area contributed by atoms with E-state index in [0.717, 1.165) is 17.9 Å². The molecule has 10 nitrogen and oxygen atoms in total. The van der Waals surface area contributed by atoms with E-state index in [4.69, 9.17) is 4.74 Å². The number of ether oxygens (including phenoxy) is 1. The molecule has 1 fully saturated rings. The van der Waals surface area contributed by atoms with Crippen molar-refractivity contribution in [1.82, 2.24) is 0 Å². The fourth-order valence-electron chi connectivity index (χ4n) is 6.36. The SMILES string of the molecule is CC(=O)Oc1ccc(N2C(=O)[C@@H]3[C@@H](C2=O)C2c4ccccc4C3([N+](=O)[O-])c3ccccc32)cc1C(=O)O. The molecular weight excluding hydrogens is 480 g/mol. The molecule has 0 saturated carbocycles. The van der Waals surface area contributed by atoms with Crippen LogP contribution >= 0.6 is 0 Å². The molecule has 184 valence electrons. The maximum absolute atomic E-state index is 14.0. The number of rotatable bonds is 4. The summed E-state index contributed by atoms with van der Waals surface area (Å²) in [6, 6.07) is 17.2. The van der Waals surface area contributed by atoms with Crippen LogP contribution in [0.15, 0.2) is 66.7 Å². The van der Waals surface area contributed by atoms with Gasteiger partial charge in [-0.15, -0.1) is 0 Å². The summed E-state index contributed by atoms with van der Waals surface area (Å²) in [5, 5.41) is 22.6. The normalized spacial score (nSPS) is 24.8. The lowest BCUT2D eigenvalue weighted by molar-refractivity contribution is -0.578. The molecule has 1 saturated heterocycles. The Hall–Kier alpha value is -4.86. The minimum absolute atomic E-state index is 0.0660. The van der Waals surface area contributed by atoms with Crippen LogP contribution in [0.1, 0.15) is 45.5 Å². The van der Waals surface area contributed by atoms with Crippen molar-refractivity contribution in [3.63, 3.8) is 0 Å². The molecule has 1 N–H and O–H groups in total. The number of benzene rings is 3. The predicted octanol–water partition coefficient (Wildman–Crippen LogP) is 3.10. The third-order valence-corrected chi connectivity index (χ3v) is 7.57. The van der Waals surface area contributed by atoms with E-state index in [1.807, 2.05) is 0 Å². The first kappa shape index (κ1) is 22.6. The topological polar surface area (TPSA) is 144 Å². The number of amides is 2. The summed E-state index contributed by atoms with van der Waals surface area (Å²) >= 11 is 0. The lowest BCUT2D eigenvalue weighted by atomic mass is 9.51. The summed E-state index contributed by atoms with van der Waals surface area (Å²) in [6.45, 7) is 1.11. The van der Waals surface area contributed by atoms with Crippen molar-refractivity contribution < 1.29 is 33.9 Å². The highest BCUT2D eigenvalue weighted by molar-refractivity contribution is 6.24. The zero-order valence-corrected chi connectivity index (χ0v) is 19.3. The van der Waals surface area contributed by atoms with Crippen molar-refractivity contribution in [2.24, 2.45) is 11.8 Å². The van der Waals surface area contributed by atoms with E-state index in [2.05, 4.69) is 0 Å². The molecular formula is C27H18N2O8. The number of esters is 1. The van der Waals surface area contributed by atoms with Crippen LogP contribution in [0.25, 0.3) is 0 Å². The number of imide groups is 1. The average Bonchev–Trinajstić information content (AvgIpc) is 3.14. The van der Waals surface area contributed by atoms with E-state index in [1.165, 1.54) is 12.1 Å². The van der Waals surface area contributed by atoms with Crippen molar-refractivity contribution in [2.45, 2.75) is 18.4 Å². The first-order valence-electron chi connectivity index (χ1n) is 11.5. The van der Waals surface area contributed by atoms with Gasteiger partial charge in [0.2, 0.25) is 11.8 Å². The number of carboxylic acid groups (broad SMARTS) is 1. The number of anilines is 1. The Balaban J connectivity index is 1.57. The van der Waals surface area contributed by atoms with Crippen LogP contribution in [0, 0.1) is 22.0 Å². The van der Waals surface area contributed by atoms with Gasteiger partial charge in [-0.3, -0.25) is 24.5 Å². The Kier molecular flexibility index (Phi) is 4.62. The molecule has 0 spiro atoms. The number of carboxylic acids is 1. The Morgan fingerprint density at radius 1 is 0.973 bits per heavy atom. The molecule has 7 rings (SSSR count). The van der Waals surface area contributed by atoms with Gasteiger partial charge in [0.1, 0.15) is 17.2 Å². The Bertz CT molecular complexity index is 1530. The molecule has 10 heteroatoms. The Morgan fingerprint density at radius 3 is 2.11 bits per heavy atom. The maximum atomic E-state index is 14.0. The monoisotopic (exact) mass is 498 g/mol. The second kappa shape index (κ2) is 7.57. The highest BCUT2D eigenvalue weighted by atomic mass is 16.6. The summed E-state index contributed by atoms with van der Waals surface area (Å²) in [6.07, 6.45) is 0. The van der Waals surface area contributed by atoms with E-state index in [1.54, 1.807) is 48.5 Å². The molecule has 1 aliphatic heterocycles. The van der Waals surface area contributed by atoms with Crippen molar-refractivity contribution in [3.05, 3.63) is 105 Å². The number of carbonyl (C=O) groups is 4. The van der Waals surface area contributed by atoms with Crippen LogP contribution in [-0.2, 0) is 19.9 Å². The van der Waals surface area contributed by atoms with E-state index in [9.17, 15) is 34.4 Å². The van der Waals surface area contributed by atoms with E-state index in [0.29, 0.717) is 22.3 Å². The van der Waals surface area contributed by atoms with E-state index >= 15 is 0 Å². The van der Waals surface area contributed by atoms with Gasteiger partial charge in [0, 0.05) is 28.9 Å². The fraction of sp³-hybridized carbons (Fsp3) is 0.185. The van der Waals surface area contributed by atoms with E-state index in [-0.39, 0.29) is 11.4 Å². The number of nitrogens with zero attached hydrogens (tertiary/aromatic N) is 2. The molecule has 37 heavy (non-hydrogen) atoms. The Labute approximate surface area is 209 Å². The summed E-state index contributed by atoms with van der Waals surface area (Å²) in [5.41, 5.74) is -0.474. The van der Waals surface area contributed by atoms with Crippen LogP contribution in [0.5, 0.6) is 5.75 Å². The first-order chi connectivity index (χ1) is 17.7. The predicted molar refractivity (Wildman–Crippen MR) is 127 cm³/mol. The number of hydrogen-bond acceptors (Lipinski definition) is 7. The zero-order chi connectivity index (χ0) is 26.2. The number of nitro groups is 1. The number of hydrogen-bond donors (Lipinski definition) is 1. The molecule has 0 aromatic heterocycles. The first-order valence-corrected chi connectivity index (χ1v) is 11.5. The lowest BCUT2D eigenvalue weighted by Gasteiger charge is -2.48. The molecule has 3 aliphatic carbocycles. The minimum Gasteiger partial charge on any atom is -0.478 e. The third kappa shape index (κ3) is 2.75. The van der Waals surface area contributed by atoms with Crippen LogP contribution < -0.4 is 9.64 Å².